The number of piperidine rings is 1. The summed E-state index contributed by atoms with van der Waals surface area (Å²) in [4.78, 5) is 29.3. The van der Waals surface area contributed by atoms with Crippen LogP contribution in [0.25, 0.3) is 0 Å². The summed E-state index contributed by atoms with van der Waals surface area (Å²) in [7, 11) is 3.68. The number of hydrogen-bond donors (Lipinski definition) is 1. The van der Waals surface area contributed by atoms with Gasteiger partial charge >= 0.3 is 5.97 Å². The Morgan fingerprint density at radius 1 is 1.23 bits per heavy atom. The van der Waals surface area contributed by atoms with Gasteiger partial charge in [0.1, 0.15) is 0 Å². The lowest BCUT2D eigenvalue weighted by molar-refractivity contribution is -0.138. The predicted molar refractivity (Wildman–Crippen MR) is 102 cm³/mol. The average Bonchev–Trinajstić information content (AvgIpc) is 2.61. The molecule has 7 heteroatoms. The lowest BCUT2D eigenvalue weighted by atomic mass is 10.0. The highest BCUT2D eigenvalue weighted by Gasteiger charge is 2.26. The van der Waals surface area contributed by atoms with Crippen molar-refractivity contribution >= 4 is 23.5 Å². The SMILES string of the molecule is CC(c1ccc(Cl)cc1)N(C)C(=O)CN1CCC(N(C)CC(=O)O)CC1. The minimum atomic E-state index is -0.803. The molecule has 0 aromatic heterocycles. The van der Waals surface area contributed by atoms with Gasteiger partial charge in [0.25, 0.3) is 0 Å². The van der Waals surface area contributed by atoms with Gasteiger partial charge in [0.2, 0.25) is 5.91 Å². The number of carboxylic acids is 1. The highest BCUT2D eigenvalue weighted by atomic mass is 35.5. The largest absolute Gasteiger partial charge is 0.480 e. The first kappa shape index (κ1) is 20.7. The highest BCUT2D eigenvalue weighted by Crippen LogP contribution is 2.21. The van der Waals surface area contributed by atoms with Crippen LogP contribution in [-0.2, 0) is 9.59 Å². The van der Waals surface area contributed by atoms with Crippen LogP contribution >= 0.6 is 11.6 Å². The van der Waals surface area contributed by atoms with Crippen molar-refractivity contribution in [2.24, 2.45) is 0 Å². The molecule has 1 aliphatic rings. The molecule has 1 fully saturated rings. The maximum absolute atomic E-state index is 12.6. The maximum atomic E-state index is 12.6. The Bertz CT molecular complexity index is 615. The van der Waals surface area contributed by atoms with Crippen molar-refractivity contribution in [2.45, 2.75) is 31.8 Å². The Hall–Kier alpha value is -1.63. The molecule has 0 spiro atoms. The molecular weight excluding hydrogens is 354 g/mol. The normalized spacial score (nSPS) is 17.3. The van der Waals surface area contributed by atoms with Gasteiger partial charge in [0.05, 0.1) is 19.1 Å². The predicted octanol–water partition coefficient (Wildman–Crippen LogP) is 2.34. The molecule has 26 heavy (non-hydrogen) atoms. The van der Waals surface area contributed by atoms with Crippen molar-refractivity contribution < 1.29 is 14.7 Å². The summed E-state index contributed by atoms with van der Waals surface area (Å²) in [6.45, 7) is 4.08. The zero-order chi connectivity index (χ0) is 19.3. The van der Waals surface area contributed by atoms with E-state index in [-0.39, 0.29) is 24.5 Å². The van der Waals surface area contributed by atoms with Gasteiger partial charge in [0, 0.05) is 31.2 Å². The number of halogens is 1. The van der Waals surface area contributed by atoms with Crippen LogP contribution in [0.1, 0.15) is 31.4 Å². The molecule has 144 valence electrons. The minimum Gasteiger partial charge on any atom is -0.480 e. The summed E-state index contributed by atoms with van der Waals surface area (Å²) in [6, 6.07) is 7.82. The number of carbonyl (C=O) groups excluding carboxylic acids is 1. The number of carboxylic acid groups (broad SMARTS) is 1. The lowest BCUT2D eigenvalue weighted by Crippen LogP contribution is -2.47. The highest BCUT2D eigenvalue weighted by molar-refractivity contribution is 6.30. The Morgan fingerprint density at radius 3 is 2.35 bits per heavy atom. The summed E-state index contributed by atoms with van der Waals surface area (Å²) >= 11 is 5.93. The zero-order valence-electron chi connectivity index (χ0n) is 15.7. The molecule has 1 aromatic carbocycles. The summed E-state index contributed by atoms with van der Waals surface area (Å²) < 4.78 is 0. The van der Waals surface area contributed by atoms with Crippen LogP contribution < -0.4 is 0 Å². The van der Waals surface area contributed by atoms with Crippen molar-refractivity contribution in [2.75, 3.05) is 40.3 Å². The first-order valence-corrected chi connectivity index (χ1v) is 9.31. The molecular formula is C19H28ClN3O3. The summed E-state index contributed by atoms with van der Waals surface area (Å²) in [5, 5.41) is 9.58. The van der Waals surface area contributed by atoms with Crippen LogP contribution in [0.4, 0.5) is 0 Å². The summed E-state index contributed by atoms with van der Waals surface area (Å²) in [6.07, 6.45) is 1.76. The van der Waals surface area contributed by atoms with E-state index in [0.29, 0.717) is 11.6 Å². The van der Waals surface area contributed by atoms with E-state index in [1.54, 1.807) is 4.90 Å². The summed E-state index contributed by atoms with van der Waals surface area (Å²) in [5.41, 5.74) is 1.05. The third-order valence-corrected chi connectivity index (χ3v) is 5.50. The number of nitrogens with zero attached hydrogens (tertiary/aromatic N) is 3. The number of likely N-dealkylation sites (tertiary alicyclic amines) is 1. The number of aliphatic carboxylic acids is 1. The van der Waals surface area contributed by atoms with Crippen molar-refractivity contribution in [1.82, 2.24) is 14.7 Å². The maximum Gasteiger partial charge on any atom is 0.317 e. The molecule has 0 bridgehead atoms. The van der Waals surface area contributed by atoms with Crippen LogP contribution in [0.2, 0.25) is 5.02 Å². The second-order valence-corrected chi connectivity index (χ2v) is 7.48. The molecule has 1 aromatic rings. The molecule has 0 saturated carbocycles. The molecule has 1 aliphatic heterocycles. The van der Waals surface area contributed by atoms with E-state index in [1.807, 2.05) is 50.2 Å². The van der Waals surface area contributed by atoms with Gasteiger partial charge in [-0.05, 0) is 44.5 Å². The fraction of sp³-hybridized carbons (Fsp3) is 0.579. The van der Waals surface area contributed by atoms with Gasteiger partial charge in [-0.3, -0.25) is 19.4 Å². The fourth-order valence-corrected chi connectivity index (χ4v) is 3.47. The van der Waals surface area contributed by atoms with Gasteiger partial charge in [-0.25, -0.2) is 0 Å². The zero-order valence-corrected chi connectivity index (χ0v) is 16.4. The van der Waals surface area contributed by atoms with E-state index >= 15 is 0 Å². The van der Waals surface area contributed by atoms with E-state index in [2.05, 4.69) is 4.90 Å². The van der Waals surface area contributed by atoms with Crippen molar-refractivity contribution in [3.05, 3.63) is 34.9 Å². The molecule has 1 N–H and O–H groups in total. The van der Waals surface area contributed by atoms with Gasteiger partial charge in [-0.1, -0.05) is 23.7 Å². The fourth-order valence-electron chi connectivity index (χ4n) is 3.34. The number of likely N-dealkylation sites (N-methyl/N-ethyl adjacent to an activating group) is 2. The topological polar surface area (TPSA) is 64.1 Å². The van der Waals surface area contributed by atoms with Crippen LogP contribution in [-0.4, -0.2) is 78.0 Å². The van der Waals surface area contributed by atoms with E-state index in [4.69, 9.17) is 16.7 Å². The monoisotopic (exact) mass is 381 g/mol. The third-order valence-electron chi connectivity index (χ3n) is 5.25. The Morgan fingerprint density at radius 2 is 1.81 bits per heavy atom. The number of rotatable bonds is 7. The van der Waals surface area contributed by atoms with Gasteiger partial charge in [-0.15, -0.1) is 0 Å². The van der Waals surface area contributed by atoms with E-state index in [0.717, 1.165) is 31.5 Å². The Kier molecular flexibility index (Phi) is 7.43. The summed E-state index contributed by atoms with van der Waals surface area (Å²) in [5.74, 6) is -0.715. The van der Waals surface area contributed by atoms with Crippen LogP contribution in [0, 0.1) is 0 Å². The van der Waals surface area contributed by atoms with Gasteiger partial charge in [-0.2, -0.15) is 0 Å². The first-order valence-electron chi connectivity index (χ1n) is 8.93. The second kappa shape index (κ2) is 9.35. The Balaban J connectivity index is 1.82. The third kappa shape index (κ3) is 5.69. The number of benzene rings is 1. The second-order valence-electron chi connectivity index (χ2n) is 7.05. The molecule has 1 atom stereocenters. The standard InChI is InChI=1S/C19H28ClN3O3/c1-14(15-4-6-16(20)7-5-15)22(3)18(24)12-23-10-8-17(9-11-23)21(2)13-19(25)26/h4-7,14,17H,8-13H2,1-3H3,(H,25,26). The lowest BCUT2D eigenvalue weighted by Gasteiger charge is -2.36. The van der Waals surface area contributed by atoms with Crippen molar-refractivity contribution in [3.8, 4) is 0 Å². The number of amides is 1. The first-order chi connectivity index (χ1) is 12.3. The number of carbonyl (C=O) groups is 2. The molecule has 1 amide bonds. The Labute approximate surface area is 160 Å². The van der Waals surface area contributed by atoms with Crippen molar-refractivity contribution in [3.63, 3.8) is 0 Å². The van der Waals surface area contributed by atoms with E-state index < -0.39 is 5.97 Å². The van der Waals surface area contributed by atoms with Crippen LogP contribution in [0.15, 0.2) is 24.3 Å². The van der Waals surface area contributed by atoms with Crippen LogP contribution in [0.5, 0.6) is 0 Å². The molecule has 0 radical (unpaired) electrons. The molecule has 1 unspecified atom stereocenters. The molecule has 1 saturated heterocycles. The minimum absolute atomic E-state index is 0.0148. The van der Waals surface area contributed by atoms with E-state index in [9.17, 15) is 9.59 Å². The molecule has 2 rings (SSSR count). The number of hydrogen-bond acceptors (Lipinski definition) is 4. The van der Waals surface area contributed by atoms with Gasteiger partial charge in [0.15, 0.2) is 0 Å². The quantitative estimate of drug-likeness (QED) is 0.785. The molecule has 1 heterocycles. The smallest absolute Gasteiger partial charge is 0.317 e. The van der Waals surface area contributed by atoms with Crippen molar-refractivity contribution in [1.29, 1.82) is 0 Å². The van der Waals surface area contributed by atoms with Gasteiger partial charge < -0.3 is 10.0 Å². The molecule has 6 nitrogen and oxygen atoms in total. The molecule has 0 aliphatic carbocycles. The van der Waals surface area contributed by atoms with Crippen LogP contribution in [0.3, 0.4) is 0 Å². The van der Waals surface area contributed by atoms with E-state index in [1.165, 1.54) is 0 Å². The average molecular weight is 382 g/mol.